The second-order valence-electron chi connectivity index (χ2n) is 5.13. The minimum Gasteiger partial charge on any atom is -0.502 e. The number of pyridine rings is 1. The first-order valence-electron chi connectivity index (χ1n) is 7.17. The molecule has 136 valence electrons. The molecule has 0 aliphatic carbocycles. The number of hydrogen-bond donors (Lipinski definition) is 1. The van der Waals surface area contributed by atoms with Gasteiger partial charge in [-0.3, -0.25) is 14.3 Å². The van der Waals surface area contributed by atoms with Gasteiger partial charge in [0.15, 0.2) is 16.7 Å². The summed E-state index contributed by atoms with van der Waals surface area (Å²) in [5.41, 5.74) is -0.194. The molecule has 0 atom stereocenters. The van der Waals surface area contributed by atoms with Gasteiger partial charge in [-0.05, 0) is 12.1 Å². The van der Waals surface area contributed by atoms with Gasteiger partial charge in [0.25, 0.3) is 0 Å². The minimum absolute atomic E-state index is 0.0184. The molecule has 0 radical (unpaired) electrons. The standard InChI is InChI=1S/C15H11F3N4O3S/c16-15(17,18)8-22-13(9-1-3-19-4-2-9)20-21-14(22)26-7-10-5-11(23)12(24)6-25-10/h1-6,24H,7-8H2. The molecule has 7 nitrogen and oxygen atoms in total. The van der Waals surface area contributed by atoms with Crippen LogP contribution in [0.5, 0.6) is 5.75 Å². The van der Waals surface area contributed by atoms with Crippen molar-refractivity contribution in [3.8, 4) is 17.1 Å². The number of hydrogen-bond acceptors (Lipinski definition) is 7. The van der Waals surface area contributed by atoms with Gasteiger partial charge in [0.1, 0.15) is 18.6 Å². The summed E-state index contributed by atoms with van der Waals surface area (Å²) in [5.74, 6) is -0.259. The SMILES string of the molecule is O=c1cc(CSc2nnc(-c3ccncc3)n2CC(F)(F)F)occ1O. The van der Waals surface area contributed by atoms with Crippen molar-refractivity contribution in [3.63, 3.8) is 0 Å². The van der Waals surface area contributed by atoms with E-state index in [4.69, 9.17) is 9.52 Å². The van der Waals surface area contributed by atoms with Crippen LogP contribution < -0.4 is 5.43 Å². The van der Waals surface area contributed by atoms with Crippen molar-refractivity contribution in [1.29, 1.82) is 0 Å². The fourth-order valence-corrected chi connectivity index (χ4v) is 2.92. The Morgan fingerprint density at radius 2 is 1.96 bits per heavy atom. The average Bonchev–Trinajstić information content (AvgIpc) is 2.97. The molecule has 3 aromatic rings. The molecule has 0 aromatic carbocycles. The fraction of sp³-hybridized carbons (Fsp3) is 0.200. The Bertz CT molecular complexity index is 957. The number of aromatic hydroxyl groups is 1. The lowest BCUT2D eigenvalue weighted by Gasteiger charge is -2.12. The second-order valence-corrected chi connectivity index (χ2v) is 6.07. The Labute approximate surface area is 148 Å². The van der Waals surface area contributed by atoms with Crippen molar-refractivity contribution in [2.24, 2.45) is 0 Å². The van der Waals surface area contributed by atoms with Crippen molar-refractivity contribution in [1.82, 2.24) is 19.7 Å². The van der Waals surface area contributed by atoms with Crippen molar-refractivity contribution in [2.75, 3.05) is 0 Å². The molecule has 0 saturated carbocycles. The molecule has 3 heterocycles. The lowest BCUT2D eigenvalue weighted by Crippen LogP contribution is -2.19. The summed E-state index contributed by atoms with van der Waals surface area (Å²) in [6.45, 7) is -1.26. The molecule has 0 aliphatic heterocycles. The zero-order valence-electron chi connectivity index (χ0n) is 13.0. The van der Waals surface area contributed by atoms with Crippen LogP contribution in [-0.4, -0.2) is 31.0 Å². The monoisotopic (exact) mass is 384 g/mol. The maximum absolute atomic E-state index is 13.0. The molecule has 0 saturated heterocycles. The van der Waals surface area contributed by atoms with Crippen molar-refractivity contribution in [3.05, 3.63) is 52.8 Å². The molecule has 26 heavy (non-hydrogen) atoms. The van der Waals surface area contributed by atoms with Gasteiger partial charge in [0.2, 0.25) is 5.43 Å². The van der Waals surface area contributed by atoms with E-state index in [1.807, 2.05) is 0 Å². The minimum atomic E-state index is -4.47. The molecule has 3 rings (SSSR count). The number of aromatic nitrogens is 4. The molecule has 11 heteroatoms. The highest BCUT2D eigenvalue weighted by molar-refractivity contribution is 7.98. The van der Waals surface area contributed by atoms with Gasteiger partial charge in [0, 0.05) is 24.0 Å². The van der Waals surface area contributed by atoms with E-state index in [0.717, 1.165) is 28.7 Å². The van der Waals surface area contributed by atoms with E-state index in [1.54, 1.807) is 0 Å². The maximum Gasteiger partial charge on any atom is 0.406 e. The van der Waals surface area contributed by atoms with Crippen molar-refractivity contribution in [2.45, 2.75) is 23.6 Å². The summed E-state index contributed by atoms with van der Waals surface area (Å²) in [4.78, 5) is 15.2. The largest absolute Gasteiger partial charge is 0.502 e. The molecule has 0 fully saturated rings. The Kier molecular flexibility index (Phi) is 4.98. The van der Waals surface area contributed by atoms with Crippen molar-refractivity contribution >= 4 is 11.8 Å². The third kappa shape index (κ3) is 4.23. The first kappa shape index (κ1) is 18.0. The van der Waals surface area contributed by atoms with E-state index in [2.05, 4.69) is 15.2 Å². The van der Waals surface area contributed by atoms with E-state index in [-0.39, 0.29) is 22.5 Å². The van der Waals surface area contributed by atoms with Crippen LogP contribution in [-0.2, 0) is 12.3 Å². The quantitative estimate of drug-likeness (QED) is 0.676. The van der Waals surface area contributed by atoms with Gasteiger partial charge in [-0.15, -0.1) is 10.2 Å². The lowest BCUT2D eigenvalue weighted by molar-refractivity contribution is -0.141. The summed E-state index contributed by atoms with van der Waals surface area (Å²) in [6.07, 6.45) is -0.703. The van der Waals surface area contributed by atoms with Gasteiger partial charge < -0.3 is 9.52 Å². The first-order chi connectivity index (χ1) is 12.3. The lowest BCUT2D eigenvalue weighted by atomic mass is 10.2. The Morgan fingerprint density at radius 3 is 2.62 bits per heavy atom. The smallest absolute Gasteiger partial charge is 0.406 e. The normalized spacial score (nSPS) is 11.7. The highest BCUT2D eigenvalue weighted by Gasteiger charge is 2.31. The molecule has 3 aromatic heterocycles. The summed E-state index contributed by atoms with van der Waals surface area (Å²) in [7, 11) is 0. The van der Waals surface area contributed by atoms with Crippen LogP contribution in [0.4, 0.5) is 13.2 Å². The van der Waals surface area contributed by atoms with Gasteiger partial charge in [-0.1, -0.05) is 11.8 Å². The molecule has 0 aliphatic rings. The highest BCUT2D eigenvalue weighted by atomic mass is 32.2. The number of nitrogens with zero attached hydrogens (tertiary/aromatic N) is 4. The van der Waals surface area contributed by atoms with Crippen LogP contribution in [0.15, 0.2) is 51.2 Å². The summed E-state index contributed by atoms with van der Waals surface area (Å²) < 4.78 is 44.9. The van der Waals surface area contributed by atoms with Crippen LogP contribution in [0.2, 0.25) is 0 Å². The van der Waals surface area contributed by atoms with Crippen LogP contribution in [0.1, 0.15) is 5.76 Å². The Hall–Kier alpha value is -2.82. The molecule has 0 bridgehead atoms. The Balaban J connectivity index is 1.89. The van der Waals surface area contributed by atoms with E-state index >= 15 is 0 Å². The zero-order chi connectivity index (χ0) is 18.7. The molecular weight excluding hydrogens is 373 g/mol. The highest BCUT2D eigenvalue weighted by Crippen LogP contribution is 2.29. The molecule has 0 amide bonds. The third-order valence-corrected chi connectivity index (χ3v) is 4.19. The number of alkyl halides is 3. The second kappa shape index (κ2) is 7.20. The molecule has 0 spiro atoms. The average molecular weight is 384 g/mol. The van der Waals surface area contributed by atoms with E-state index in [1.165, 1.54) is 24.5 Å². The summed E-state index contributed by atoms with van der Waals surface area (Å²) >= 11 is 0.930. The molecule has 0 unspecified atom stereocenters. The van der Waals surface area contributed by atoms with E-state index in [9.17, 15) is 18.0 Å². The molecule has 1 N–H and O–H groups in total. The number of rotatable bonds is 5. The van der Waals surface area contributed by atoms with Gasteiger partial charge in [-0.25, -0.2) is 0 Å². The van der Waals surface area contributed by atoms with E-state index in [0.29, 0.717) is 5.56 Å². The Morgan fingerprint density at radius 1 is 1.23 bits per heavy atom. The van der Waals surface area contributed by atoms with Gasteiger partial charge in [0.05, 0.1) is 5.75 Å². The third-order valence-electron chi connectivity index (χ3n) is 3.20. The molecular formula is C15H11F3N4O3S. The first-order valence-corrected chi connectivity index (χ1v) is 8.16. The topological polar surface area (TPSA) is 94.0 Å². The predicted octanol–water partition coefficient (Wildman–Crippen LogP) is 2.85. The number of thioether (sulfide) groups is 1. The van der Waals surface area contributed by atoms with E-state index < -0.39 is 23.9 Å². The number of halogens is 3. The van der Waals surface area contributed by atoms with Crippen molar-refractivity contribution < 1.29 is 22.7 Å². The zero-order valence-corrected chi connectivity index (χ0v) is 13.8. The maximum atomic E-state index is 13.0. The van der Waals surface area contributed by atoms with Gasteiger partial charge >= 0.3 is 6.18 Å². The predicted molar refractivity (Wildman–Crippen MR) is 85.5 cm³/mol. The van der Waals surface area contributed by atoms with Crippen LogP contribution in [0.25, 0.3) is 11.4 Å². The van der Waals surface area contributed by atoms with Crippen LogP contribution in [0.3, 0.4) is 0 Å². The van der Waals surface area contributed by atoms with Gasteiger partial charge in [-0.2, -0.15) is 13.2 Å². The fourth-order valence-electron chi connectivity index (χ4n) is 2.09. The van der Waals surface area contributed by atoms with Crippen LogP contribution in [0, 0.1) is 0 Å². The van der Waals surface area contributed by atoms with Crippen LogP contribution >= 0.6 is 11.8 Å². The summed E-state index contributed by atoms with van der Waals surface area (Å²) in [5, 5.41) is 16.8. The summed E-state index contributed by atoms with van der Waals surface area (Å²) in [6, 6.07) is 4.13.